The summed E-state index contributed by atoms with van der Waals surface area (Å²) in [6.45, 7) is 5.24. The van der Waals surface area contributed by atoms with Gasteiger partial charge in [0.25, 0.3) is 5.91 Å². The van der Waals surface area contributed by atoms with Crippen LogP contribution in [0.1, 0.15) is 40.3 Å². The number of benzene rings is 2. The van der Waals surface area contributed by atoms with Crippen LogP contribution in [0, 0.1) is 0 Å². The second kappa shape index (κ2) is 10.3. The number of carboxylic acids is 1. The van der Waals surface area contributed by atoms with E-state index in [2.05, 4.69) is 10.4 Å². The first-order valence-corrected chi connectivity index (χ1v) is 10.1. The molecule has 0 saturated carbocycles. The summed E-state index contributed by atoms with van der Waals surface area (Å²) in [7, 11) is 1.55. The minimum Gasteiger partial charge on any atom is -0.490 e. The van der Waals surface area contributed by atoms with Gasteiger partial charge in [-0.2, -0.15) is 5.10 Å². The van der Waals surface area contributed by atoms with Crippen LogP contribution in [0.15, 0.2) is 48.7 Å². The molecule has 1 heterocycles. The van der Waals surface area contributed by atoms with Gasteiger partial charge in [-0.1, -0.05) is 6.07 Å². The molecule has 0 radical (unpaired) electrons. The van der Waals surface area contributed by atoms with E-state index in [1.54, 1.807) is 31.3 Å². The fourth-order valence-corrected chi connectivity index (χ4v) is 2.99. The predicted octanol–water partition coefficient (Wildman–Crippen LogP) is 3.75. The van der Waals surface area contributed by atoms with Gasteiger partial charge >= 0.3 is 5.97 Å². The van der Waals surface area contributed by atoms with E-state index in [1.165, 1.54) is 10.9 Å². The first-order chi connectivity index (χ1) is 15.4. The zero-order chi connectivity index (χ0) is 23.1. The summed E-state index contributed by atoms with van der Waals surface area (Å²) < 4.78 is 18.3. The van der Waals surface area contributed by atoms with Gasteiger partial charge in [-0.3, -0.25) is 9.48 Å². The lowest BCUT2D eigenvalue weighted by Crippen LogP contribution is -2.16. The molecule has 2 aromatic carbocycles. The van der Waals surface area contributed by atoms with Crippen molar-refractivity contribution in [3.05, 3.63) is 65.5 Å². The van der Waals surface area contributed by atoms with Crippen LogP contribution in [0.2, 0.25) is 0 Å². The van der Waals surface area contributed by atoms with Crippen LogP contribution in [-0.2, 0) is 13.7 Å². The lowest BCUT2D eigenvalue weighted by atomic mass is 10.2. The number of carbonyl (C=O) groups is 2. The number of aromatic nitrogens is 2. The number of rotatable bonds is 10. The van der Waals surface area contributed by atoms with Crippen molar-refractivity contribution in [2.45, 2.75) is 20.5 Å². The molecule has 0 saturated heterocycles. The normalized spacial score (nSPS) is 10.5. The number of hydrogen-bond donors (Lipinski definition) is 2. The number of nitrogens with one attached hydrogen (secondary N) is 1. The van der Waals surface area contributed by atoms with Crippen LogP contribution in [0.25, 0.3) is 0 Å². The molecule has 0 spiro atoms. The smallest absolute Gasteiger partial charge is 0.339 e. The van der Waals surface area contributed by atoms with Gasteiger partial charge < -0.3 is 24.6 Å². The minimum atomic E-state index is -1.21. The highest BCUT2D eigenvalue weighted by atomic mass is 16.5. The molecule has 0 bridgehead atoms. The fraction of sp³-hybridized carbons (Fsp3) is 0.261. The van der Waals surface area contributed by atoms with Gasteiger partial charge in [0.1, 0.15) is 17.9 Å². The average molecular weight is 439 g/mol. The molecule has 1 amide bonds. The molecule has 32 heavy (non-hydrogen) atoms. The topological polar surface area (TPSA) is 112 Å². The molecular formula is C23H25N3O6. The highest BCUT2D eigenvalue weighted by Gasteiger charge is 2.21. The van der Waals surface area contributed by atoms with Crippen molar-refractivity contribution in [2.24, 2.45) is 7.05 Å². The van der Waals surface area contributed by atoms with Crippen LogP contribution < -0.4 is 19.5 Å². The summed E-state index contributed by atoms with van der Waals surface area (Å²) in [6, 6.07) is 12.4. The summed E-state index contributed by atoms with van der Waals surface area (Å²) in [6.07, 6.45) is 1.28. The summed E-state index contributed by atoms with van der Waals surface area (Å²) >= 11 is 0. The molecule has 9 heteroatoms. The molecule has 0 atom stereocenters. The maximum atomic E-state index is 12.4. The number of carbonyl (C=O) groups excluding carboxylic acids is 1. The molecule has 3 rings (SSSR count). The second-order valence-corrected chi connectivity index (χ2v) is 6.78. The standard InChI is InChI=1S/C23H25N3O6/c1-4-30-19-11-6-15(12-20(19)31-5-2)14-32-17-9-7-16(8-10-17)24-22(27)21-18(23(28)29)13-26(3)25-21/h6-13H,4-5,14H2,1-3H3,(H,24,27)(H,28,29). The minimum absolute atomic E-state index is 0.152. The summed E-state index contributed by atoms with van der Waals surface area (Å²) in [4.78, 5) is 23.7. The lowest BCUT2D eigenvalue weighted by molar-refractivity contribution is 0.0692. The highest BCUT2D eigenvalue weighted by Crippen LogP contribution is 2.29. The maximum Gasteiger partial charge on any atom is 0.339 e. The summed E-state index contributed by atoms with van der Waals surface area (Å²) in [5.74, 6) is 0.156. The lowest BCUT2D eigenvalue weighted by Gasteiger charge is -2.13. The number of carboxylic acid groups (broad SMARTS) is 1. The van der Waals surface area contributed by atoms with Gasteiger partial charge in [-0.05, 0) is 55.8 Å². The monoisotopic (exact) mass is 439 g/mol. The molecule has 0 fully saturated rings. The Morgan fingerprint density at radius 3 is 2.34 bits per heavy atom. The molecule has 0 aliphatic rings. The third kappa shape index (κ3) is 5.57. The molecule has 0 aliphatic heterocycles. The number of aromatic carboxylic acids is 1. The van der Waals surface area contributed by atoms with E-state index in [0.29, 0.717) is 42.8 Å². The van der Waals surface area contributed by atoms with Gasteiger partial charge in [-0.25, -0.2) is 4.79 Å². The van der Waals surface area contributed by atoms with E-state index in [4.69, 9.17) is 14.2 Å². The van der Waals surface area contributed by atoms with Crippen molar-refractivity contribution in [2.75, 3.05) is 18.5 Å². The van der Waals surface area contributed by atoms with Crippen molar-refractivity contribution in [3.8, 4) is 17.2 Å². The van der Waals surface area contributed by atoms with Gasteiger partial charge in [0, 0.05) is 18.9 Å². The number of ether oxygens (including phenoxy) is 3. The zero-order valence-electron chi connectivity index (χ0n) is 18.1. The van der Waals surface area contributed by atoms with Crippen LogP contribution >= 0.6 is 0 Å². The third-order valence-corrected chi connectivity index (χ3v) is 4.40. The molecule has 0 unspecified atom stereocenters. The number of hydrogen-bond acceptors (Lipinski definition) is 6. The van der Waals surface area contributed by atoms with E-state index >= 15 is 0 Å². The van der Waals surface area contributed by atoms with E-state index in [0.717, 1.165) is 5.56 Å². The quantitative estimate of drug-likeness (QED) is 0.495. The number of nitrogens with zero attached hydrogens (tertiary/aromatic N) is 2. The Balaban J connectivity index is 1.62. The molecule has 1 aromatic heterocycles. The number of anilines is 1. The SMILES string of the molecule is CCOc1ccc(COc2ccc(NC(=O)c3nn(C)cc3C(=O)O)cc2)cc1OCC. The average Bonchev–Trinajstić information content (AvgIpc) is 3.17. The molecular weight excluding hydrogens is 414 g/mol. The van der Waals surface area contributed by atoms with Crippen molar-refractivity contribution < 1.29 is 28.9 Å². The Morgan fingerprint density at radius 1 is 1.00 bits per heavy atom. The largest absolute Gasteiger partial charge is 0.490 e. The Bertz CT molecular complexity index is 1090. The van der Waals surface area contributed by atoms with Gasteiger partial charge in [-0.15, -0.1) is 0 Å². The first kappa shape index (κ1) is 22.7. The Morgan fingerprint density at radius 2 is 1.69 bits per heavy atom. The van der Waals surface area contributed by atoms with Crippen LogP contribution in [-0.4, -0.2) is 40.0 Å². The van der Waals surface area contributed by atoms with Crippen molar-refractivity contribution in [1.82, 2.24) is 9.78 Å². The molecule has 168 valence electrons. The number of amides is 1. The zero-order valence-corrected chi connectivity index (χ0v) is 18.1. The highest BCUT2D eigenvalue weighted by molar-refractivity contribution is 6.09. The Labute approximate surface area is 185 Å². The summed E-state index contributed by atoms with van der Waals surface area (Å²) in [5.41, 5.74) is 1.10. The van der Waals surface area contributed by atoms with Crippen LogP contribution in [0.3, 0.4) is 0 Å². The third-order valence-electron chi connectivity index (χ3n) is 4.40. The van der Waals surface area contributed by atoms with Crippen molar-refractivity contribution >= 4 is 17.6 Å². The van der Waals surface area contributed by atoms with Gasteiger partial charge in [0.15, 0.2) is 17.2 Å². The van der Waals surface area contributed by atoms with Crippen molar-refractivity contribution in [3.63, 3.8) is 0 Å². The Kier molecular flexibility index (Phi) is 7.33. The van der Waals surface area contributed by atoms with E-state index in [9.17, 15) is 14.7 Å². The fourth-order valence-electron chi connectivity index (χ4n) is 2.99. The maximum absolute atomic E-state index is 12.4. The van der Waals surface area contributed by atoms with E-state index in [1.807, 2.05) is 32.0 Å². The number of aryl methyl sites for hydroxylation is 1. The molecule has 9 nitrogen and oxygen atoms in total. The van der Waals surface area contributed by atoms with Gasteiger partial charge in [0.2, 0.25) is 0 Å². The van der Waals surface area contributed by atoms with Gasteiger partial charge in [0.05, 0.1) is 13.2 Å². The van der Waals surface area contributed by atoms with E-state index in [-0.39, 0.29) is 11.3 Å². The summed E-state index contributed by atoms with van der Waals surface area (Å²) in [5, 5.41) is 15.8. The predicted molar refractivity (Wildman–Crippen MR) is 118 cm³/mol. The van der Waals surface area contributed by atoms with Crippen LogP contribution in [0.5, 0.6) is 17.2 Å². The Hall–Kier alpha value is -4.01. The second-order valence-electron chi connectivity index (χ2n) is 6.78. The van der Waals surface area contributed by atoms with Crippen molar-refractivity contribution in [1.29, 1.82) is 0 Å². The molecule has 2 N–H and O–H groups in total. The van der Waals surface area contributed by atoms with E-state index < -0.39 is 11.9 Å². The first-order valence-electron chi connectivity index (χ1n) is 10.1. The van der Waals surface area contributed by atoms with Crippen LogP contribution in [0.4, 0.5) is 5.69 Å². The molecule has 3 aromatic rings. The molecule has 0 aliphatic carbocycles.